The molecule has 1 aromatic heterocycles. The van der Waals surface area contributed by atoms with Gasteiger partial charge in [-0.1, -0.05) is 35.9 Å². The van der Waals surface area contributed by atoms with Gasteiger partial charge in [-0.15, -0.1) is 0 Å². The van der Waals surface area contributed by atoms with Crippen molar-refractivity contribution in [1.29, 1.82) is 0 Å². The summed E-state index contributed by atoms with van der Waals surface area (Å²) in [4.78, 5) is 25.0. The number of halogens is 4. The predicted octanol–water partition coefficient (Wildman–Crippen LogP) is 6.44. The van der Waals surface area contributed by atoms with Crippen molar-refractivity contribution < 1.29 is 22.8 Å². The molecule has 0 unspecified atom stereocenters. The maximum atomic E-state index is 13.9. The number of carbonyl (C=O) groups excluding carboxylic acids is 2. The fourth-order valence-electron chi connectivity index (χ4n) is 3.25. The molecule has 0 radical (unpaired) electrons. The second-order valence-electron chi connectivity index (χ2n) is 7.27. The predicted molar refractivity (Wildman–Crippen MR) is 127 cm³/mol. The van der Waals surface area contributed by atoms with Gasteiger partial charge < -0.3 is 16.0 Å². The molecule has 0 saturated heterocycles. The number of urea groups is 1. The number of benzene rings is 3. The Hall–Kier alpha value is -4.31. The minimum Gasteiger partial charge on any atom is -0.322 e. The Morgan fingerprint density at radius 1 is 0.800 bits per heavy atom. The SMILES string of the molecule is O=C(Nc1ccccc1)Nc1cccc(NC(=O)c2cnn(-c3ccc(Cl)cc3)c2C(F)(F)F)c1. The number of para-hydroxylation sites is 1. The van der Waals surface area contributed by atoms with Gasteiger partial charge in [-0.3, -0.25) is 4.79 Å². The summed E-state index contributed by atoms with van der Waals surface area (Å²) >= 11 is 5.81. The minimum absolute atomic E-state index is 0.0939. The first-order chi connectivity index (χ1) is 16.7. The van der Waals surface area contributed by atoms with E-state index in [0.29, 0.717) is 21.1 Å². The van der Waals surface area contributed by atoms with E-state index in [0.717, 1.165) is 6.20 Å². The Balaban J connectivity index is 1.53. The summed E-state index contributed by atoms with van der Waals surface area (Å²) in [5.41, 5.74) is -0.714. The summed E-state index contributed by atoms with van der Waals surface area (Å²) in [6.07, 6.45) is -4.01. The molecule has 4 aromatic rings. The molecule has 3 aromatic carbocycles. The largest absolute Gasteiger partial charge is 0.434 e. The number of carbonyl (C=O) groups is 2. The van der Waals surface area contributed by atoms with E-state index >= 15 is 0 Å². The Bertz CT molecular complexity index is 1360. The molecule has 0 fully saturated rings. The summed E-state index contributed by atoms with van der Waals surface area (Å²) in [7, 11) is 0. The molecule has 7 nitrogen and oxygen atoms in total. The molecule has 0 spiro atoms. The maximum absolute atomic E-state index is 13.9. The highest BCUT2D eigenvalue weighted by Gasteiger charge is 2.40. The first-order valence-electron chi connectivity index (χ1n) is 10.2. The van der Waals surface area contributed by atoms with Crippen molar-refractivity contribution in [2.75, 3.05) is 16.0 Å². The van der Waals surface area contributed by atoms with Crippen molar-refractivity contribution in [3.8, 4) is 5.69 Å². The van der Waals surface area contributed by atoms with E-state index in [4.69, 9.17) is 11.6 Å². The summed E-state index contributed by atoms with van der Waals surface area (Å²) in [6.45, 7) is 0. The average molecular weight is 500 g/mol. The van der Waals surface area contributed by atoms with Crippen LogP contribution in [0.5, 0.6) is 0 Å². The number of hydrogen-bond donors (Lipinski definition) is 3. The number of nitrogens with zero attached hydrogens (tertiary/aromatic N) is 2. The van der Waals surface area contributed by atoms with Gasteiger partial charge in [0.2, 0.25) is 0 Å². The highest BCUT2D eigenvalue weighted by atomic mass is 35.5. The van der Waals surface area contributed by atoms with Crippen molar-refractivity contribution in [1.82, 2.24) is 9.78 Å². The van der Waals surface area contributed by atoms with Gasteiger partial charge in [0.25, 0.3) is 5.91 Å². The van der Waals surface area contributed by atoms with Gasteiger partial charge in [0.05, 0.1) is 17.4 Å². The quantitative estimate of drug-likeness (QED) is 0.295. The molecule has 178 valence electrons. The topological polar surface area (TPSA) is 88.1 Å². The molecule has 35 heavy (non-hydrogen) atoms. The minimum atomic E-state index is -4.86. The number of nitrogens with one attached hydrogen (secondary N) is 3. The van der Waals surface area contributed by atoms with E-state index in [1.54, 1.807) is 36.4 Å². The van der Waals surface area contributed by atoms with Crippen LogP contribution < -0.4 is 16.0 Å². The van der Waals surface area contributed by atoms with Gasteiger partial charge in [-0.2, -0.15) is 18.3 Å². The fourth-order valence-corrected chi connectivity index (χ4v) is 3.38. The van der Waals surface area contributed by atoms with Crippen LogP contribution in [0.3, 0.4) is 0 Å². The van der Waals surface area contributed by atoms with E-state index in [9.17, 15) is 22.8 Å². The number of aromatic nitrogens is 2. The van der Waals surface area contributed by atoms with Gasteiger partial charge in [0.1, 0.15) is 0 Å². The maximum Gasteiger partial charge on any atom is 0.434 e. The van der Waals surface area contributed by atoms with Crippen LogP contribution in [-0.4, -0.2) is 21.7 Å². The van der Waals surface area contributed by atoms with Crippen LogP contribution in [0.2, 0.25) is 5.02 Å². The molecule has 3 amide bonds. The van der Waals surface area contributed by atoms with E-state index in [1.807, 2.05) is 0 Å². The second-order valence-corrected chi connectivity index (χ2v) is 7.71. The molecule has 3 N–H and O–H groups in total. The van der Waals surface area contributed by atoms with Crippen LogP contribution in [0, 0.1) is 0 Å². The first-order valence-corrected chi connectivity index (χ1v) is 10.5. The zero-order valence-electron chi connectivity index (χ0n) is 17.8. The Morgan fingerprint density at radius 3 is 2.06 bits per heavy atom. The van der Waals surface area contributed by atoms with Gasteiger partial charge >= 0.3 is 12.2 Å². The monoisotopic (exact) mass is 499 g/mol. The lowest BCUT2D eigenvalue weighted by atomic mass is 10.2. The summed E-state index contributed by atoms with van der Waals surface area (Å²) in [5, 5.41) is 11.8. The van der Waals surface area contributed by atoms with Gasteiger partial charge in [-0.25, -0.2) is 9.48 Å². The molecule has 0 aliphatic carbocycles. The Morgan fingerprint density at radius 2 is 1.40 bits per heavy atom. The van der Waals surface area contributed by atoms with Crippen LogP contribution in [0.15, 0.2) is 85.1 Å². The lowest BCUT2D eigenvalue weighted by Gasteiger charge is -2.13. The summed E-state index contributed by atoms with van der Waals surface area (Å²) in [6, 6.07) is 19.8. The molecule has 0 saturated carbocycles. The molecule has 1 heterocycles. The third-order valence-corrected chi connectivity index (χ3v) is 5.02. The number of rotatable bonds is 5. The average Bonchev–Trinajstić information content (AvgIpc) is 3.26. The third-order valence-electron chi connectivity index (χ3n) is 4.76. The van der Waals surface area contributed by atoms with Crippen LogP contribution in [0.4, 0.5) is 35.0 Å². The standard InChI is InChI=1S/C24H17ClF3N5O2/c25-15-9-11-19(12-10-15)33-21(24(26,27)28)20(14-29-33)22(34)30-17-7-4-8-18(13-17)32-23(35)31-16-5-2-1-3-6-16/h1-14H,(H,30,34)(H2,31,32,35). The molecule has 4 rings (SSSR count). The number of hydrogen-bond acceptors (Lipinski definition) is 3. The smallest absolute Gasteiger partial charge is 0.322 e. The molecule has 0 aliphatic heterocycles. The molecule has 11 heteroatoms. The highest BCUT2D eigenvalue weighted by Crippen LogP contribution is 2.34. The Labute approximate surface area is 202 Å². The highest BCUT2D eigenvalue weighted by molar-refractivity contribution is 6.30. The second kappa shape index (κ2) is 9.90. The Kier molecular flexibility index (Phi) is 6.74. The van der Waals surface area contributed by atoms with Crippen LogP contribution in [-0.2, 0) is 6.18 Å². The molecule has 0 aliphatic rings. The zero-order valence-corrected chi connectivity index (χ0v) is 18.6. The lowest BCUT2D eigenvalue weighted by Crippen LogP contribution is -2.21. The first kappa shape index (κ1) is 23.8. The van der Waals surface area contributed by atoms with E-state index < -0.39 is 29.4 Å². The summed E-state index contributed by atoms with van der Waals surface area (Å²) in [5.74, 6) is -1.01. The van der Waals surface area contributed by atoms with Gasteiger partial charge in [0, 0.05) is 22.1 Å². The van der Waals surface area contributed by atoms with E-state index in [1.165, 1.54) is 42.5 Å². The van der Waals surface area contributed by atoms with Crippen LogP contribution >= 0.6 is 11.6 Å². The van der Waals surface area contributed by atoms with Gasteiger partial charge in [0.15, 0.2) is 5.69 Å². The lowest BCUT2D eigenvalue weighted by molar-refractivity contribution is -0.143. The normalized spacial score (nSPS) is 11.1. The van der Waals surface area contributed by atoms with Crippen molar-refractivity contribution in [2.24, 2.45) is 0 Å². The van der Waals surface area contributed by atoms with Gasteiger partial charge in [-0.05, 0) is 54.6 Å². The fraction of sp³-hybridized carbons (Fsp3) is 0.0417. The number of anilines is 3. The molecule has 0 bridgehead atoms. The number of amides is 3. The molecule has 0 atom stereocenters. The van der Waals surface area contributed by atoms with Crippen molar-refractivity contribution in [3.05, 3.63) is 101 Å². The molecular weight excluding hydrogens is 483 g/mol. The summed E-state index contributed by atoms with van der Waals surface area (Å²) < 4.78 is 42.3. The van der Waals surface area contributed by atoms with Crippen molar-refractivity contribution in [3.63, 3.8) is 0 Å². The van der Waals surface area contributed by atoms with E-state index in [2.05, 4.69) is 21.0 Å². The third kappa shape index (κ3) is 5.79. The van der Waals surface area contributed by atoms with Crippen LogP contribution in [0.25, 0.3) is 5.69 Å². The zero-order chi connectivity index (χ0) is 25.0. The number of alkyl halides is 3. The molecular formula is C24H17ClF3N5O2. The van der Waals surface area contributed by atoms with E-state index in [-0.39, 0.29) is 11.4 Å². The van der Waals surface area contributed by atoms with Crippen molar-refractivity contribution in [2.45, 2.75) is 6.18 Å². The van der Waals surface area contributed by atoms with Crippen LogP contribution in [0.1, 0.15) is 16.1 Å². The van der Waals surface area contributed by atoms with Crippen molar-refractivity contribution >= 4 is 40.6 Å².